The molecule has 0 aliphatic rings. The third-order valence-corrected chi connectivity index (χ3v) is 2.37. The van der Waals surface area contributed by atoms with Gasteiger partial charge < -0.3 is 18.9 Å². The SMILES string of the molecule is COCCCN(CCOC)CC(OC)OC. The molecule has 0 N–H and O–H groups in total. The average molecular weight is 235 g/mol. The predicted molar refractivity (Wildman–Crippen MR) is 62.6 cm³/mol. The van der Waals surface area contributed by atoms with Crippen LogP contribution in [0, 0.1) is 0 Å². The van der Waals surface area contributed by atoms with Gasteiger partial charge in [-0.25, -0.2) is 0 Å². The van der Waals surface area contributed by atoms with Crippen molar-refractivity contribution in [3.63, 3.8) is 0 Å². The van der Waals surface area contributed by atoms with E-state index in [1.807, 2.05) is 0 Å². The Morgan fingerprint density at radius 2 is 1.50 bits per heavy atom. The van der Waals surface area contributed by atoms with Crippen LogP contribution in [0.5, 0.6) is 0 Å². The molecule has 0 saturated heterocycles. The third kappa shape index (κ3) is 8.01. The van der Waals surface area contributed by atoms with Crippen LogP contribution in [0.2, 0.25) is 0 Å². The summed E-state index contributed by atoms with van der Waals surface area (Å²) < 4.78 is 20.5. The molecule has 0 heterocycles. The van der Waals surface area contributed by atoms with Crippen molar-refractivity contribution in [2.45, 2.75) is 12.7 Å². The fraction of sp³-hybridized carbons (Fsp3) is 1.00. The molecule has 16 heavy (non-hydrogen) atoms. The van der Waals surface area contributed by atoms with Crippen LogP contribution in [-0.2, 0) is 18.9 Å². The van der Waals surface area contributed by atoms with Gasteiger partial charge in [0.25, 0.3) is 0 Å². The molecule has 0 atom stereocenters. The van der Waals surface area contributed by atoms with Crippen LogP contribution >= 0.6 is 0 Å². The second-order valence-corrected chi connectivity index (χ2v) is 3.54. The maximum Gasteiger partial charge on any atom is 0.169 e. The standard InChI is InChI=1S/C11H25NO4/c1-13-8-5-6-12(7-9-14-2)10-11(15-3)16-4/h11H,5-10H2,1-4H3. The molecule has 0 amide bonds. The van der Waals surface area contributed by atoms with E-state index < -0.39 is 0 Å². The molecule has 0 fully saturated rings. The molecule has 0 unspecified atom stereocenters. The van der Waals surface area contributed by atoms with Crippen molar-refractivity contribution in [3.8, 4) is 0 Å². The molecule has 0 saturated carbocycles. The molecule has 98 valence electrons. The van der Waals surface area contributed by atoms with E-state index in [2.05, 4.69) is 4.90 Å². The molecule has 0 spiro atoms. The van der Waals surface area contributed by atoms with Crippen molar-refractivity contribution in [2.24, 2.45) is 0 Å². The van der Waals surface area contributed by atoms with Crippen molar-refractivity contribution in [2.75, 3.05) is 61.3 Å². The van der Waals surface area contributed by atoms with Crippen LogP contribution in [-0.4, -0.2) is 72.5 Å². The van der Waals surface area contributed by atoms with Gasteiger partial charge in [-0.05, 0) is 6.42 Å². The van der Waals surface area contributed by atoms with E-state index in [-0.39, 0.29) is 6.29 Å². The first-order valence-electron chi connectivity index (χ1n) is 5.54. The Labute approximate surface area is 98.6 Å². The summed E-state index contributed by atoms with van der Waals surface area (Å²) in [6.45, 7) is 4.07. The van der Waals surface area contributed by atoms with Crippen LogP contribution in [0.3, 0.4) is 0 Å². The Kier molecular flexibility index (Phi) is 11.1. The van der Waals surface area contributed by atoms with Gasteiger partial charge in [-0.3, -0.25) is 4.90 Å². The highest BCUT2D eigenvalue weighted by molar-refractivity contribution is 4.60. The summed E-state index contributed by atoms with van der Waals surface area (Å²) in [5.74, 6) is 0. The fourth-order valence-corrected chi connectivity index (χ4v) is 1.40. The van der Waals surface area contributed by atoms with Crippen LogP contribution < -0.4 is 0 Å². The maximum absolute atomic E-state index is 5.18. The zero-order chi connectivity index (χ0) is 12.2. The van der Waals surface area contributed by atoms with Gasteiger partial charge in [0.05, 0.1) is 6.61 Å². The van der Waals surface area contributed by atoms with E-state index in [0.717, 1.165) is 32.7 Å². The van der Waals surface area contributed by atoms with Crippen LogP contribution in [0.4, 0.5) is 0 Å². The zero-order valence-corrected chi connectivity index (χ0v) is 10.9. The molecule has 0 aromatic heterocycles. The lowest BCUT2D eigenvalue weighted by molar-refractivity contribution is -0.117. The molecular formula is C11H25NO4. The van der Waals surface area contributed by atoms with Crippen LogP contribution in [0.15, 0.2) is 0 Å². The Balaban J connectivity index is 3.87. The van der Waals surface area contributed by atoms with Gasteiger partial charge in [-0.2, -0.15) is 0 Å². The molecule has 0 bridgehead atoms. The molecule has 5 heteroatoms. The topological polar surface area (TPSA) is 40.2 Å². The Morgan fingerprint density at radius 1 is 0.875 bits per heavy atom. The van der Waals surface area contributed by atoms with Gasteiger partial charge in [-0.15, -0.1) is 0 Å². The van der Waals surface area contributed by atoms with E-state index in [1.165, 1.54) is 0 Å². The minimum Gasteiger partial charge on any atom is -0.385 e. The number of hydrogen-bond acceptors (Lipinski definition) is 5. The van der Waals surface area contributed by atoms with Crippen molar-refractivity contribution in [1.82, 2.24) is 4.90 Å². The smallest absolute Gasteiger partial charge is 0.169 e. The first-order valence-corrected chi connectivity index (χ1v) is 5.54. The van der Waals surface area contributed by atoms with Gasteiger partial charge in [0.2, 0.25) is 0 Å². The molecule has 0 aliphatic carbocycles. The van der Waals surface area contributed by atoms with Crippen molar-refractivity contribution < 1.29 is 18.9 Å². The highest BCUT2D eigenvalue weighted by Gasteiger charge is 2.12. The normalized spacial score (nSPS) is 11.6. The highest BCUT2D eigenvalue weighted by atomic mass is 16.7. The third-order valence-electron chi connectivity index (χ3n) is 2.37. The molecule has 0 radical (unpaired) electrons. The second-order valence-electron chi connectivity index (χ2n) is 3.54. The first-order chi connectivity index (χ1) is 7.78. The summed E-state index contributed by atoms with van der Waals surface area (Å²) in [7, 11) is 6.72. The molecule has 0 rings (SSSR count). The highest BCUT2D eigenvalue weighted by Crippen LogP contribution is 1.99. The summed E-state index contributed by atoms with van der Waals surface area (Å²) in [6.07, 6.45) is 0.819. The quantitative estimate of drug-likeness (QED) is 0.387. The first kappa shape index (κ1) is 15.8. The second kappa shape index (κ2) is 11.3. The molecule has 0 aromatic rings. The summed E-state index contributed by atoms with van der Waals surface area (Å²) in [4.78, 5) is 2.25. The molecule has 0 aliphatic heterocycles. The number of rotatable bonds is 11. The van der Waals surface area contributed by atoms with Crippen molar-refractivity contribution >= 4 is 0 Å². The van der Waals surface area contributed by atoms with Gasteiger partial charge in [0.15, 0.2) is 6.29 Å². The van der Waals surface area contributed by atoms with Gasteiger partial charge >= 0.3 is 0 Å². The Morgan fingerprint density at radius 3 is 2.00 bits per heavy atom. The number of ether oxygens (including phenoxy) is 4. The van der Waals surface area contributed by atoms with E-state index in [4.69, 9.17) is 18.9 Å². The number of methoxy groups -OCH3 is 4. The van der Waals surface area contributed by atoms with Gasteiger partial charge in [0.1, 0.15) is 0 Å². The predicted octanol–water partition coefficient (Wildman–Crippen LogP) is 0.590. The number of hydrogen-bond donors (Lipinski definition) is 0. The average Bonchev–Trinajstić information content (AvgIpc) is 2.32. The zero-order valence-electron chi connectivity index (χ0n) is 10.9. The summed E-state index contributed by atoms with van der Waals surface area (Å²) in [5, 5.41) is 0. The Hall–Kier alpha value is -0.200. The number of nitrogens with zero attached hydrogens (tertiary/aromatic N) is 1. The summed E-state index contributed by atoms with van der Waals surface area (Å²) in [5.41, 5.74) is 0. The van der Waals surface area contributed by atoms with E-state index >= 15 is 0 Å². The molecule has 0 aromatic carbocycles. The largest absolute Gasteiger partial charge is 0.385 e. The lowest BCUT2D eigenvalue weighted by atomic mass is 10.3. The minimum absolute atomic E-state index is 0.181. The van der Waals surface area contributed by atoms with E-state index in [0.29, 0.717) is 6.61 Å². The summed E-state index contributed by atoms with van der Waals surface area (Å²) in [6, 6.07) is 0. The lowest BCUT2D eigenvalue weighted by Crippen LogP contribution is -2.37. The van der Waals surface area contributed by atoms with Crippen LogP contribution in [0.25, 0.3) is 0 Å². The summed E-state index contributed by atoms with van der Waals surface area (Å²) >= 11 is 0. The molecular weight excluding hydrogens is 210 g/mol. The minimum atomic E-state index is -0.181. The van der Waals surface area contributed by atoms with Crippen LogP contribution in [0.1, 0.15) is 6.42 Å². The van der Waals surface area contributed by atoms with Crippen molar-refractivity contribution in [3.05, 3.63) is 0 Å². The Bertz CT molecular complexity index is 142. The lowest BCUT2D eigenvalue weighted by Gasteiger charge is -2.25. The monoisotopic (exact) mass is 235 g/mol. The van der Waals surface area contributed by atoms with E-state index in [9.17, 15) is 0 Å². The van der Waals surface area contributed by atoms with Gasteiger partial charge in [-0.1, -0.05) is 0 Å². The molecule has 5 nitrogen and oxygen atoms in total. The van der Waals surface area contributed by atoms with Crippen molar-refractivity contribution in [1.29, 1.82) is 0 Å². The van der Waals surface area contributed by atoms with E-state index in [1.54, 1.807) is 28.4 Å². The maximum atomic E-state index is 5.18. The van der Waals surface area contributed by atoms with Gasteiger partial charge in [0, 0.05) is 54.7 Å². The fourth-order valence-electron chi connectivity index (χ4n) is 1.40.